The van der Waals surface area contributed by atoms with E-state index in [1.807, 2.05) is 18.2 Å². The van der Waals surface area contributed by atoms with Crippen molar-refractivity contribution < 1.29 is 19.4 Å². The van der Waals surface area contributed by atoms with E-state index in [9.17, 15) is 4.79 Å². The predicted molar refractivity (Wildman–Crippen MR) is 80.8 cm³/mol. The molecule has 1 heterocycles. The van der Waals surface area contributed by atoms with Crippen LogP contribution in [0.15, 0.2) is 23.6 Å². The number of hydrogen-bond acceptors (Lipinski definition) is 6. The minimum atomic E-state index is -1.01. The van der Waals surface area contributed by atoms with E-state index in [0.717, 1.165) is 12.0 Å². The monoisotopic (exact) mass is 308 g/mol. The second kappa shape index (κ2) is 6.94. The second-order valence-corrected chi connectivity index (χ2v) is 5.07. The molecule has 0 atom stereocenters. The van der Waals surface area contributed by atoms with Crippen molar-refractivity contribution in [1.82, 2.24) is 4.98 Å². The zero-order valence-corrected chi connectivity index (χ0v) is 12.6. The minimum absolute atomic E-state index is 0.0635. The fraction of sp³-hybridized carbons (Fsp3) is 0.286. The van der Waals surface area contributed by atoms with E-state index < -0.39 is 5.97 Å². The molecule has 7 heteroatoms. The normalized spacial score (nSPS) is 10.2. The van der Waals surface area contributed by atoms with Crippen LogP contribution < -0.4 is 14.8 Å². The Bertz CT molecular complexity index is 627. The first kappa shape index (κ1) is 15.1. The zero-order chi connectivity index (χ0) is 15.2. The van der Waals surface area contributed by atoms with Gasteiger partial charge in [-0.05, 0) is 24.1 Å². The van der Waals surface area contributed by atoms with Crippen LogP contribution in [0.3, 0.4) is 0 Å². The predicted octanol–water partition coefficient (Wildman–Crippen LogP) is 2.51. The highest BCUT2D eigenvalue weighted by atomic mass is 32.1. The van der Waals surface area contributed by atoms with Gasteiger partial charge in [0.25, 0.3) is 0 Å². The van der Waals surface area contributed by atoms with Crippen LogP contribution in [0.2, 0.25) is 0 Å². The molecule has 0 amide bonds. The molecule has 0 aliphatic heterocycles. The van der Waals surface area contributed by atoms with Crippen molar-refractivity contribution in [2.45, 2.75) is 6.42 Å². The Kier molecular flexibility index (Phi) is 4.99. The number of aromatic carboxylic acids is 1. The molecule has 21 heavy (non-hydrogen) atoms. The third-order valence-corrected chi connectivity index (χ3v) is 3.66. The smallest absolute Gasteiger partial charge is 0.355 e. The first-order valence-corrected chi connectivity index (χ1v) is 7.15. The molecular weight excluding hydrogens is 292 g/mol. The number of rotatable bonds is 7. The van der Waals surface area contributed by atoms with Crippen LogP contribution in [0.5, 0.6) is 11.5 Å². The van der Waals surface area contributed by atoms with Crippen molar-refractivity contribution in [1.29, 1.82) is 0 Å². The molecule has 0 unspecified atom stereocenters. The molecule has 112 valence electrons. The molecule has 6 nitrogen and oxygen atoms in total. The van der Waals surface area contributed by atoms with Crippen molar-refractivity contribution in [2.75, 3.05) is 26.1 Å². The Morgan fingerprint density at radius 3 is 2.71 bits per heavy atom. The molecule has 1 aromatic heterocycles. The average Bonchev–Trinajstić information content (AvgIpc) is 2.96. The van der Waals surface area contributed by atoms with Crippen LogP contribution in [-0.4, -0.2) is 36.8 Å². The van der Waals surface area contributed by atoms with Crippen LogP contribution in [-0.2, 0) is 6.42 Å². The fourth-order valence-electron chi connectivity index (χ4n) is 1.80. The van der Waals surface area contributed by atoms with Gasteiger partial charge in [0.15, 0.2) is 22.3 Å². The topological polar surface area (TPSA) is 80.7 Å². The number of anilines is 1. The third-order valence-electron chi connectivity index (χ3n) is 2.86. The van der Waals surface area contributed by atoms with E-state index in [4.69, 9.17) is 14.6 Å². The molecule has 2 N–H and O–H groups in total. The summed E-state index contributed by atoms with van der Waals surface area (Å²) in [6.07, 6.45) is 0.766. The molecular formula is C14H16N2O4S. The summed E-state index contributed by atoms with van der Waals surface area (Å²) in [7, 11) is 3.20. The summed E-state index contributed by atoms with van der Waals surface area (Å²) in [6, 6.07) is 5.75. The Hall–Kier alpha value is -2.28. The van der Waals surface area contributed by atoms with E-state index in [2.05, 4.69) is 10.3 Å². The highest BCUT2D eigenvalue weighted by Gasteiger charge is 2.08. The zero-order valence-electron chi connectivity index (χ0n) is 11.8. The Morgan fingerprint density at radius 2 is 2.10 bits per heavy atom. The first-order chi connectivity index (χ1) is 10.1. The summed E-state index contributed by atoms with van der Waals surface area (Å²) in [5, 5.41) is 14.0. The second-order valence-electron chi connectivity index (χ2n) is 4.21. The van der Waals surface area contributed by atoms with Gasteiger partial charge in [0.2, 0.25) is 0 Å². The molecule has 0 aliphatic carbocycles. The molecule has 0 saturated heterocycles. The number of carboxylic acids is 1. The average molecular weight is 308 g/mol. The summed E-state index contributed by atoms with van der Waals surface area (Å²) in [6.45, 7) is 0.655. The van der Waals surface area contributed by atoms with E-state index in [1.54, 1.807) is 14.2 Å². The van der Waals surface area contributed by atoms with E-state index in [1.165, 1.54) is 16.7 Å². The van der Waals surface area contributed by atoms with Crippen LogP contribution in [0, 0.1) is 0 Å². The first-order valence-electron chi connectivity index (χ1n) is 6.27. The Balaban J connectivity index is 1.92. The van der Waals surface area contributed by atoms with Gasteiger partial charge in [-0.15, -0.1) is 11.3 Å². The molecule has 0 fully saturated rings. The van der Waals surface area contributed by atoms with Crippen molar-refractivity contribution in [2.24, 2.45) is 0 Å². The van der Waals surface area contributed by atoms with Crippen molar-refractivity contribution in [3.8, 4) is 11.5 Å². The van der Waals surface area contributed by atoms with Gasteiger partial charge < -0.3 is 19.9 Å². The number of aromatic nitrogens is 1. The summed E-state index contributed by atoms with van der Waals surface area (Å²) < 4.78 is 10.4. The summed E-state index contributed by atoms with van der Waals surface area (Å²) >= 11 is 1.28. The number of methoxy groups -OCH3 is 2. The molecule has 2 rings (SSSR count). The van der Waals surface area contributed by atoms with E-state index in [-0.39, 0.29) is 5.69 Å². The SMILES string of the molecule is COc1ccc(CCNc2nc(C(=O)O)cs2)cc1OC. The number of nitrogens with zero attached hydrogens (tertiary/aromatic N) is 1. The molecule has 0 aliphatic rings. The van der Waals surface area contributed by atoms with Gasteiger partial charge in [0.1, 0.15) is 0 Å². The minimum Gasteiger partial charge on any atom is -0.493 e. The highest BCUT2D eigenvalue weighted by molar-refractivity contribution is 7.13. The summed E-state index contributed by atoms with van der Waals surface area (Å²) in [4.78, 5) is 14.7. The lowest BCUT2D eigenvalue weighted by Gasteiger charge is -2.09. The lowest BCUT2D eigenvalue weighted by Crippen LogP contribution is -2.05. The lowest BCUT2D eigenvalue weighted by molar-refractivity contribution is 0.0691. The lowest BCUT2D eigenvalue weighted by atomic mass is 10.1. The highest BCUT2D eigenvalue weighted by Crippen LogP contribution is 2.27. The molecule has 0 radical (unpaired) electrons. The molecule has 1 aromatic carbocycles. The largest absolute Gasteiger partial charge is 0.493 e. The van der Waals surface area contributed by atoms with Crippen LogP contribution >= 0.6 is 11.3 Å². The molecule has 0 spiro atoms. The third kappa shape index (κ3) is 3.85. The number of ether oxygens (including phenoxy) is 2. The quantitative estimate of drug-likeness (QED) is 0.818. The number of carbonyl (C=O) groups is 1. The van der Waals surface area contributed by atoms with Gasteiger partial charge in [-0.2, -0.15) is 0 Å². The Morgan fingerprint density at radius 1 is 1.33 bits per heavy atom. The van der Waals surface area contributed by atoms with Crippen LogP contribution in [0.25, 0.3) is 0 Å². The van der Waals surface area contributed by atoms with E-state index in [0.29, 0.717) is 23.2 Å². The van der Waals surface area contributed by atoms with Crippen LogP contribution in [0.4, 0.5) is 5.13 Å². The molecule has 0 saturated carbocycles. The van der Waals surface area contributed by atoms with Gasteiger partial charge in [-0.3, -0.25) is 0 Å². The summed E-state index contributed by atoms with van der Waals surface area (Å²) in [5.74, 6) is 0.372. The molecule has 0 bridgehead atoms. The number of hydrogen-bond donors (Lipinski definition) is 2. The van der Waals surface area contributed by atoms with Gasteiger partial charge >= 0.3 is 5.97 Å². The van der Waals surface area contributed by atoms with Gasteiger partial charge in [0.05, 0.1) is 14.2 Å². The number of benzene rings is 1. The van der Waals surface area contributed by atoms with Gasteiger partial charge in [-0.1, -0.05) is 6.07 Å². The molecule has 2 aromatic rings. The standard InChI is InChI=1S/C14H16N2O4S/c1-19-11-4-3-9(7-12(11)20-2)5-6-15-14-16-10(8-21-14)13(17)18/h3-4,7-8H,5-6H2,1-2H3,(H,15,16)(H,17,18). The number of nitrogens with one attached hydrogen (secondary N) is 1. The van der Waals surface area contributed by atoms with Gasteiger partial charge in [-0.25, -0.2) is 9.78 Å². The van der Waals surface area contributed by atoms with Crippen molar-refractivity contribution in [3.63, 3.8) is 0 Å². The maximum Gasteiger partial charge on any atom is 0.355 e. The summed E-state index contributed by atoms with van der Waals surface area (Å²) in [5.41, 5.74) is 1.16. The Labute approximate surface area is 126 Å². The van der Waals surface area contributed by atoms with Crippen molar-refractivity contribution in [3.05, 3.63) is 34.8 Å². The fourth-order valence-corrected chi connectivity index (χ4v) is 2.52. The van der Waals surface area contributed by atoms with Crippen LogP contribution in [0.1, 0.15) is 16.1 Å². The number of thiazole rings is 1. The van der Waals surface area contributed by atoms with Crippen molar-refractivity contribution >= 4 is 22.4 Å². The maximum atomic E-state index is 10.7. The van der Waals surface area contributed by atoms with Gasteiger partial charge in [0, 0.05) is 11.9 Å². The maximum absolute atomic E-state index is 10.7. The van der Waals surface area contributed by atoms with E-state index >= 15 is 0 Å². The number of carboxylic acid groups (broad SMARTS) is 1.